The Labute approximate surface area is 84.5 Å². The van der Waals surface area contributed by atoms with Crippen molar-refractivity contribution in [2.24, 2.45) is 0 Å². The molecule has 0 amide bonds. The van der Waals surface area contributed by atoms with Gasteiger partial charge in [0.15, 0.2) is 5.78 Å². The molecule has 0 bridgehead atoms. The molecule has 0 fully saturated rings. The highest BCUT2D eigenvalue weighted by Gasteiger charge is 1.90. The summed E-state index contributed by atoms with van der Waals surface area (Å²) in [6.45, 7) is 0. The largest absolute Gasteiger partial charge is 0.871 e. The molecule has 0 aromatic rings. The van der Waals surface area contributed by atoms with Crippen molar-refractivity contribution in [1.82, 2.24) is 0 Å². The van der Waals surface area contributed by atoms with Gasteiger partial charge in [-0.05, 0) is 12.2 Å². The summed E-state index contributed by atoms with van der Waals surface area (Å²) in [4.78, 5) is 30.6. The zero-order valence-corrected chi connectivity index (χ0v) is 7.38. The molecule has 0 unspecified atom stereocenters. The van der Waals surface area contributed by atoms with Gasteiger partial charge in [-0.1, -0.05) is 17.9 Å². The standard InChI is InChI=1S/C9H8O6/c10-6(4-5-8(12)13)2-1-3-7(11)9(14)15/h1-5,11H,(H,12,13)(H,14,15)/p-2. The summed E-state index contributed by atoms with van der Waals surface area (Å²) in [5, 5.41) is 28.4. The molecule has 6 heteroatoms. The van der Waals surface area contributed by atoms with Crippen LogP contribution < -0.4 is 10.2 Å². The van der Waals surface area contributed by atoms with E-state index in [2.05, 4.69) is 0 Å². The van der Waals surface area contributed by atoms with Gasteiger partial charge in [-0.15, -0.1) is 0 Å². The van der Waals surface area contributed by atoms with Crippen LogP contribution in [0.3, 0.4) is 0 Å². The van der Waals surface area contributed by atoms with E-state index in [1.54, 1.807) is 0 Å². The zero-order valence-electron chi connectivity index (χ0n) is 7.38. The van der Waals surface area contributed by atoms with Gasteiger partial charge in [0.05, 0.1) is 5.97 Å². The molecular formula is C9H6O6-2. The van der Waals surface area contributed by atoms with Crippen LogP contribution in [0.15, 0.2) is 36.1 Å². The fraction of sp³-hybridized carbons (Fsp3) is 0. The summed E-state index contributed by atoms with van der Waals surface area (Å²) >= 11 is 0. The summed E-state index contributed by atoms with van der Waals surface area (Å²) in [5.41, 5.74) is 0. The van der Waals surface area contributed by atoms with Crippen LogP contribution in [-0.4, -0.2) is 22.8 Å². The van der Waals surface area contributed by atoms with Crippen molar-refractivity contribution >= 4 is 17.7 Å². The van der Waals surface area contributed by atoms with E-state index in [1.807, 2.05) is 0 Å². The summed E-state index contributed by atoms with van der Waals surface area (Å²) in [6, 6.07) is 0. The lowest BCUT2D eigenvalue weighted by Gasteiger charge is -2.09. The highest BCUT2D eigenvalue weighted by Crippen LogP contribution is 1.86. The van der Waals surface area contributed by atoms with Crippen LogP contribution in [0, 0.1) is 0 Å². The molecule has 0 aromatic heterocycles. The minimum Gasteiger partial charge on any atom is -0.871 e. The number of aliphatic carboxylic acids is 2. The van der Waals surface area contributed by atoms with Crippen LogP contribution in [0.5, 0.6) is 0 Å². The molecular weight excluding hydrogens is 204 g/mol. The number of carboxylic acid groups (broad SMARTS) is 2. The Kier molecular flexibility index (Phi) is 5.17. The number of rotatable bonds is 5. The molecule has 0 saturated carbocycles. The molecule has 0 atom stereocenters. The molecule has 0 aromatic carbocycles. The number of carbonyl (C=O) groups is 3. The Bertz CT molecular complexity index is 361. The lowest BCUT2D eigenvalue weighted by molar-refractivity contribution is -0.353. The molecule has 0 saturated heterocycles. The summed E-state index contributed by atoms with van der Waals surface area (Å²) in [5.74, 6) is -5.12. The molecule has 0 aliphatic carbocycles. The van der Waals surface area contributed by atoms with Gasteiger partial charge < -0.3 is 20.1 Å². The van der Waals surface area contributed by atoms with Crippen molar-refractivity contribution in [2.75, 3.05) is 0 Å². The van der Waals surface area contributed by atoms with E-state index in [4.69, 9.17) is 5.11 Å². The third-order valence-electron chi connectivity index (χ3n) is 1.10. The lowest BCUT2D eigenvalue weighted by Crippen LogP contribution is -2.30. The molecule has 0 rings (SSSR count). The molecule has 0 spiro atoms. The molecule has 0 aliphatic rings. The van der Waals surface area contributed by atoms with Gasteiger partial charge in [0.1, 0.15) is 0 Å². The van der Waals surface area contributed by atoms with Gasteiger partial charge in [0, 0.05) is 6.08 Å². The number of hydrogen-bond donors (Lipinski definition) is 1. The summed E-state index contributed by atoms with van der Waals surface area (Å²) < 4.78 is 0. The van der Waals surface area contributed by atoms with Crippen LogP contribution >= 0.6 is 0 Å². The van der Waals surface area contributed by atoms with E-state index in [1.165, 1.54) is 0 Å². The first-order valence-corrected chi connectivity index (χ1v) is 3.65. The maximum Gasteiger partial charge on any atom is 0.328 e. The van der Waals surface area contributed by atoms with Crippen molar-refractivity contribution in [3.8, 4) is 0 Å². The number of hydrogen-bond acceptors (Lipinski definition) is 5. The number of allylic oxidation sites excluding steroid dienone is 4. The second-order valence-corrected chi connectivity index (χ2v) is 2.25. The maximum atomic E-state index is 10.8. The molecule has 0 heterocycles. The highest BCUT2D eigenvalue weighted by molar-refractivity contribution is 6.02. The minimum atomic E-state index is -1.88. The summed E-state index contributed by atoms with van der Waals surface area (Å²) in [7, 11) is 0. The Morgan fingerprint density at radius 3 is 2.07 bits per heavy atom. The van der Waals surface area contributed by atoms with E-state index in [9.17, 15) is 24.6 Å². The Balaban J connectivity index is 4.31. The fourth-order valence-electron chi connectivity index (χ4n) is 0.507. The van der Waals surface area contributed by atoms with Crippen molar-refractivity contribution in [2.45, 2.75) is 0 Å². The first kappa shape index (κ1) is 12.6. The first-order chi connectivity index (χ1) is 6.93. The van der Waals surface area contributed by atoms with E-state index in [-0.39, 0.29) is 0 Å². The highest BCUT2D eigenvalue weighted by atomic mass is 16.4. The lowest BCUT2D eigenvalue weighted by atomic mass is 10.3. The van der Waals surface area contributed by atoms with Crippen LogP contribution in [0.25, 0.3) is 0 Å². The average molecular weight is 210 g/mol. The van der Waals surface area contributed by atoms with E-state index in [0.29, 0.717) is 12.2 Å². The molecule has 80 valence electrons. The quantitative estimate of drug-likeness (QED) is 0.311. The predicted octanol–water partition coefficient (Wildman–Crippen LogP) is -2.25. The normalized spacial score (nSPS) is 12.1. The fourth-order valence-corrected chi connectivity index (χ4v) is 0.507. The monoisotopic (exact) mass is 210 g/mol. The Morgan fingerprint density at radius 1 is 1.00 bits per heavy atom. The van der Waals surface area contributed by atoms with Gasteiger partial charge in [-0.25, -0.2) is 4.79 Å². The van der Waals surface area contributed by atoms with Crippen LogP contribution in [-0.2, 0) is 14.4 Å². The molecule has 0 aliphatic heterocycles. The van der Waals surface area contributed by atoms with Crippen molar-refractivity contribution in [3.05, 3.63) is 36.1 Å². The zero-order chi connectivity index (χ0) is 11.8. The number of carboxylic acids is 2. The van der Waals surface area contributed by atoms with Crippen molar-refractivity contribution in [1.29, 1.82) is 0 Å². The van der Waals surface area contributed by atoms with E-state index in [0.717, 1.165) is 18.2 Å². The minimum absolute atomic E-state index is 0.618. The molecule has 1 N–H and O–H groups in total. The molecule has 0 radical (unpaired) electrons. The first-order valence-electron chi connectivity index (χ1n) is 3.65. The molecule has 15 heavy (non-hydrogen) atoms. The topological polar surface area (TPSA) is 118 Å². The summed E-state index contributed by atoms with van der Waals surface area (Å²) in [6.07, 6.45) is 3.75. The van der Waals surface area contributed by atoms with Gasteiger partial charge in [-0.2, -0.15) is 0 Å². The average Bonchev–Trinajstić information content (AvgIpc) is 2.14. The van der Waals surface area contributed by atoms with Crippen LogP contribution in [0.1, 0.15) is 0 Å². The smallest absolute Gasteiger partial charge is 0.328 e. The third kappa shape index (κ3) is 6.76. The van der Waals surface area contributed by atoms with Gasteiger partial charge in [0.25, 0.3) is 0 Å². The Hall–Kier alpha value is -2.37. The third-order valence-corrected chi connectivity index (χ3v) is 1.10. The van der Waals surface area contributed by atoms with E-state index < -0.39 is 23.5 Å². The second-order valence-electron chi connectivity index (χ2n) is 2.25. The Morgan fingerprint density at radius 2 is 1.60 bits per heavy atom. The van der Waals surface area contributed by atoms with Gasteiger partial charge in [0.2, 0.25) is 0 Å². The number of carbonyl (C=O) groups excluding carboxylic acids is 2. The SMILES string of the molecule is O=C(O)C=CC(=O)C=CC=C([O-])C(=O)[O-]. The van der Waals surface area contributed by atoms with Crippen LogP contribution in [0.4, 0.5) is 0 Å². The second kappa shape index (κ2) is 6.14. The van der Waals surface area contributed by atoms with E-state index >= 15 is 0 Å². The van der Waals surface area contributed by atoms with Crippen LogP contribution in [0.2, 0.25) is 0 Å². The van der Waals surface area contributed by atoms with Gasteiger partial charge >= 0.3 is 5.97 Å². The number of ketones is 1. The molecule has 6 nitrogen and oxygen atoms in total. The van der Waals surface area contributed by atoms with Crippen molar-refractivity contribution in [3.63, 3.8) is 0 Å². The predicted molar refractivity (Wildman–Crippen MR) is 44.0 cm³/mol. The van der Waals surface area contributed by atoms with Gasteiger partial charge in [-0.3, -0.25) is 4.79 Å². The maximum absolute atomic E-state index is 10.8. The van der Waals surface area contributed by atoms with Crippen molar-refractivity contribution < 1.29 is 29.7 Å².